The van der Waals surface area contributed by atoms with E-state index in [-0.39, 0.29) is 11.4 Å². The van der Waals surface area contributed by atoms with Crippen LogP contribution in [0.25, 0.3) is 0 Å². The number of anilines is 1. The van der Waals surface area contributed by atoms with Crippen molar-refractivity contribution >= 4 is 17.6 Å². The van der Waals surface area contributed by atoms with Gasteiger partial charge in [0.05, 0.1) is 6.54 Å². The number of carbonyl (C=O) groups excluding carboxylic acids is 1. The summed E-state index contributed by atoms with van der Waals surface area (Å²) in [5.74, 6) is 0.903. The molecule has 2 rings (SSSR count). The second kappa shape index (κ2) is 7.49. The summed E-state index contributed by atoms with van der Waals surface area (Å²) in [4.78, 5) is 18.7. The summed E-state index contributed by atoms with van der Waals surface area (Å²) in [6.07, 6.45) is 1.44. The van der Waals surface area contributed by atoms with E-state index in [0.29, 0.717) is 13.0 Å². The fourth-order valence-corrected chi connectivity index (χ4v) is 2.70. The summed E-state index contributed by atoms with van der Waals surface area (Å²) >= 11 is 0. The average molecular weight is 316 g/mol. The first kappa shape index (κ1) is 17.3. The van der Waals surface area contributed by atoms with E-state index >= 15 is 0 Å². The molecular weight excluding hydrogens is 288 g/mol. The van der Waals surface area contributed by atoms with Crippen LogP contribution in [0.1, 0.15) is 39.7 Å². The molecule has 23 heavy (non-hydrogen) atoms. The minimum atomic E-state index is -0.195. The first-order valence-electron chi connectivity index (χ1n) is 8.35. The summed E-state index contributed by atoms with van der Waals surface area (Å²) in [6.45, 7) is 10.2. The molecule has 0 unspecified atom stereocenters. The highest BCUT2D eigenvalue weighted by Gasteiger charge is 2.22. The largest absolute Gasteiger partial charge is 0.356 e. The molecule has 0 saturated heterocycles. The highest BCUT2D eigenvalue weighted by atomic mass is 16.1. The fraction of sp³-hybridized carbons (Fsp3) is 0.556. The van der Waals surface area contributed by atoms with E-state index < -0.39 is 0 Å². The normalized spacial score (nSPS) is 14.6. The lowest BCUT2D eigenvalue weighted by Crippen LogP contribution is -2.42. The third kappa shape index (κ3) is 4.98. The number of guanidine groups is 1. The molecule has 0 aromatic heterocycles. The molecule has 5 nitrogen and oxygen atoms in total. The van der Waals surface area contributed by atoms with Gasteiger partial charge < -0.3 is 15.5 Å². The van der Waals surface area contributed by atoms with Crippen LogP contribution in [0.5, 0.6) is 0 Å². The van der Waals surface area contributed by atoms with Crippen LogP contribution in [-0.4, -0.2) is 37.0 Å². The topological polar surface area (TPSA) is 56.7 Å². The molecule has 1 aliphatic rings. The number of carbonyl (C=O) groups is 1. The molecule has 0 atom stereocenters. The number of hydrogen-bond donors (Lipinski definition) is 2. The van der Waals surface area contributed by atoms with Crippen LogP contribution in [0.3, 0.4) is 0 Å². The Labute approximate surface area is 139 Å². The van der Waals surface area contributed by atoms with Gasteiger partial charge in [0, 0.05) is 30.7 Å². The Morgan fingerprint density at radius 3 is 2.74 bits per heavy atom. The van der Waals surface area contributed by atoms with E-state index in [4.69, 9.17) is 0 Å². The van der Waals surface area contributed by atoms with E-state index in [1.54, 1.807) is 0 Å². The maximum absolute atomic E-state index is 11.9. The predicted molar refractivity (Wildman–Crippen MR) is 96.0 cm³/mol. The van der Waals surface area contributed by atoms with Gasteiger partial charge in [0.25, 0.3) is 0 Å². The number of fused-ring (bicyclic) bond motifs is 1. The van der Waals surface area contributed by atoms with Crippen molar-refractivity contribution in [3.63, 3.8) is 0 Å². The van der Waals surface area contributed by atoms with Gasteiger partial charge in [-0.3, -0.25) is 9.79 Å². The van der Waals surface area contributed by atoms with Crippen LogP contribution >= 0.6 is 0 Å². The monoisotopic (exact) mass is 316 g/mol. The van der Waals surface area contributed by atoms with Crippen molar-refractivity contribution in [2.75, 3.05) is 24.5 Å². The summed E-state index contributed by atoms with van der Waals surface area (Å²) in [5, 5.41) is 6.30. The molecule has 0 radical (unpaired) electrons. The lowest BCUT2D eigenvalue weighted by Gasteiger charge is -2.23. The van der Waals surface area contributed by atoms with Gasteiger partial charge in [-0.25, -0.2) is 0 Å². The third-order valence-electron chi connectivity index (χ3n) is 3.59. The minimum Gasteiger partial charge on any atom is -0.356 e. The standard InChI is InChI=1S/C18H28N4O/c1-5-19-17(20-12-10-16(23)21-18(2,3)4)22-13-11-14-8-6-7-9-15(14)22/h6-9H,5,10-13H2,1-4H3,(H,19,20)(H,21,23). The maximum Gasteiger partial charge on any atom is 0.222 e. The Kier molecular flexibility index (Phi) is 5.64. The van der Waals surface area contributed by atoms with Gasteiger partial charge in [-0.15, -0.1) is 0 Å². The van der Waals surface area contributed by atoms with Crippen LogP contribution in [0.15, 0.2) is 29.3 Å². The van der Waals surface area contributed by atoms with E-state index in [2.05, 4.69) is 51.7 Å². The van der Waals surface area contributed by atoms with Crippen molar-refractivity contribution < 1.29 is 4.79 Å². The third-order valence-corrected chi connectivity index (χ3v) is 3.59. The Morgan fingerprint density at radius 1 is 1.30 bits per heavy atom. The lowest BCUT2D eigenvalue weighted by molar-refractivity contribution is -0.122. The molecule has 1 aromatic carbocycles. The molecular formula is C18H28N4O. The van der Waals surface area contributed by atoms with Gasteiger partial charge in [0.1, 0.15) is 0 Å². The smallest absolute Gasteiger partial charge is 0.222 e. The van der Waals surface area contributed by atoms with Crippen molar-refractivity contribution in [1.29, 1.82) is 0 Å². The Balaban J connectivity index is 2.00. The van der Waals surface area contributed by atoms with Crippen molar-refractivity contribution in [2.45, 2.75) is 46.1 Å². The molecule has 2 N–H and O–H groups in total. The minimum absolute atomic E-state index is 0.0407. The second-order valence-corrected chi connectivity index (χ2v) is 6.81. The number of nitrogens with one attached hydrogen (secondary N) is 2. The lowest BCUT2D eigenvalue weighted by atomic mass is 10.1. The summed E-state index contributed by atoms with van der Waals surface area (Å²) in [6, 6.07) is 8.41. The zero-order valence-electron chi connectivity index (χ0n) is 14.6. The molecule has 0 fully saturated rings. The predicted octanol–water partition coefficient (Wildman–Crippen LogP) is 2.32. The second-order valence-electron chi connectivity index (χ2n) is 6.81. The van der Waals surface area contributed by atoms with Gasteiger partial charge in [0.2, 0.25) is 5.91 Å². The molecule has 0 aliphatic carbocycles. The molecule has 126 valence electrons. The van der Waals surface area contributed by atoms with Crippen molar-refractivity contribution in [2.24, 2.45) is 4.99 Å². The average Bonchev–Trinajstić information content (AvgIpc) is 2.88. The summed E-state index contributed by atoms with van der Waals surface area (Å²) < 4.78 is 0. The molecule has 5 heteroatoms. The van der Waals surface area contributed by atoms with E-state index in [1.807, 2.05) is 20.8 Å². The maximum atomic E-state index is 11.9. The highest BCUT2D eigenvalue weighted by Crippen LogP contribution is 2.27. The number of rotatable bonds is 4. The van der Waals surface area contributed by atoms with Crippen LogP contribution in [-0.2, 0) is 11.2 Å². The summed E-state index contributed by atoms with van der Waals surface area (Å²) in [7, 11) is 0. The first-order valence-corrected chi connectivity index (χ1v) is 8.35. The van der Waals surface area contributed by atoms with Gasteiger partial charge in [0.15, 0.2) is 5.96 Å². The van der Waals surface area contributed by atoms with Crippen molar-refractivity contribution in [1.82, 2.24) is 10.6 Å². The van der Waals surface area contributed by atoms with Gasteiger partial charge >= 0.3 is 0 Å². The zero-order valence-corrected chi connectivity index (χ0v) is 14.6. The van der Waals surface area contributed by atoms with Gasteiger partial charge in [-0.1, -0.05) is 18.2 Å². The molecule has 0 spiro atoms. The molecule has 1 aromatic rings. The highest BCUT2D eigenvalue weighted by molar-refractivity contribution is 5.98. The Bertz CT molecular complexity index is 575. The van der Waals surface area contributed by atoms with Crippen molar-refractivity contribution in [3.05, 3.63) is 29.8 Å². The molecule has 1 heterocycles. The number of hydrogen-bond acceptors (Lipinski definition) is 2. The van der Waals surface area contributed by atoms with Crippen molar-refractivity contribution in [3.8, 4) is 0 Å². The SMILES string of the molecule is CCNC(=NCCC(=O)NC(C)(C)C)N1CCc2ccccc21. The number of para-hydroxylation sites is 1. The van der Waals surface area contributed by atoms with Crippen LogP contribution in [0.4, 0.5) is 5.69 Å². The van der Waals surface area contributed by atoms with E-state index in [9.17, 15) is 4.79 Å². The molecule has 1 amide bonds. The quantitative estimate of drug-likeness (QED) is 0.662. The van der Waals surface area contributed by atoms with Crippen LogP contribution in [0.2, 0.25) is 0 Å². The van der Waals surface area contributed by atoms with E-state index in [1.165, 1.54) is 11.3 Å². The van der Waals surface area contributed by atoms with E-state index in [0.717, 1.165) is 25.5 Å². The number of nitrogens with zero attached hydrogens (tertiary/aromatic N) is 2. The molecule has 1 aliphatic heterocycles. The zero-order chi connectivity index (χ0) is 16.9. The summed E-state index contributed by atoms with van der Waals surface area (Å²) in [5.41, 5.74) is 2.37. The van der Waals surface area contributed by atoms with Gasteiger partial charge in [-0.2, -0.15) is 0 Å². The van der Waals surface area contributed by atoms with Crippen LogP contribution < -0.4 is 15.5 Å². The Morgan fingerprint density at radius 2 is 2.04 bits per heavy atom. The number of amides is 1. The first-order chi connectivity index (χ1) is 10.9. The molecule has 0 bridgehead atoms. The van der Waals surface area contributed by atoms with Crippen LogP contribution in [0, 0.1) is 0 Å². The number of aliphatic imine (C=N–C) groups is 1. The fourth-order valence-electron chi connectivity index (χ4n) is 2.70. The Hall–Kier alpha value is -2.04. The van der Waals surface area contributed by atoms with Gasteiger partial charge in [-0.05, 0) is 45.7 Å². The molecule has 0 saturated carbocycles. The number of benzene rings is 1.